The Hall–Kier alpha value is -3.49. The third-order valence-corrected chi connectivity index (χ3v) is 3.25. The first-order valence-electron chi connectivity index (χ1n) is 7.06. The molecule has 0 radical (unpaired) electrons. The van der Waals surface area contributed by atoms with Crippen LogP contribution in [0.1, 0.15) is 21.7 Å². The Balaban J connectivity index is 1.79. The van der Waals surface area contributed by atoms with Gasteiger partial charge >= 0.3 is 0 Å². The number of hydrogen-bond donors (Lipinski definition) is 3. The van der Waals surface area contributed by atoms with Gasteiger partial charge in [0.05, 0.1) is 11.9 Å². The van der Waals surface area contributed by atoms with Gasteiger partial charge in [-0.05, 0) is 13.0 Å². The van der Waals surface area contributed by atoms with Crippen LogP contribution in [0.4, 0.5) is 5.82 Å². The van der Waals surface area contributed by atoms with E-state index in [1.165, 1.54) is 24.9 Å². The molecule has 9 nitrogen and oxygen atoms in total. The number of carbonyl (C=O) groups excluding carboxylic acids is 1. The zero-order chi connectivity index (χ0) is 17.1. The maximum atomic E-state index is 12.3. The number of carbonyl (C=O) groups is 1. The van der Waals surface area contributed by atoms with Gasteiger partial charge in [-0.25, -0.2) is 15.0 Å². The zero-order valence-corrected chi connectivity index (χ0v) is 12.8. The molecule has 3 aromatic rings. The molecular formula is C15H15N6O3+. The Morgan fingerprint density at radius 3 is 3.00 bits per heavy atom. The molecule has 3 aromatic heterocycles. The molecule has 3 heterocycles. The number of oxazole rings is 1. The summed E-state index contributed by atoms with van der Waals surface area (Å²) < 4.78 is 6.08. The summed E-state index contributed by atoms with van der Waals surface area (Å²) in [4.78, 5) is 24.6. The molecule has 0 aliphatic heterocycles. The fraction of sp³-hybridized carbons (Fsp3) is 0.133. The summed E-state index contributed by atoms with van der Waals surface area (Å²) in [6.07, 6.45) is 5.85. The zero-order valence-electron chi connectivity index (χ0n) is 12.8. The second kappa shape index (κ2) is 6.32. The summed E-state index contributed by atoms with van der Waals surface area (Å²) in [5.74, 6) is -0.192. The number of nitrogens with zero attached hydrogens (tertiary/aromatic N) is 4. The highest BCUT2D eigenvalue weighted by Crippen LogP contribution is 2.20. The normalized spacial score (nSPS) is 10.5. The largest absolute Gasteiger partial charge is 0.443 e. The molecule has 0 aliphatic carbocycles. The summed E-state index contributed by atoms with van der Waals surface area (Å²) in [6.45, 7) is 1.90. The highest BCUT2D eigenvalue weighted by molar-refractivity contribution is 5.96. The predicted molar refractivity (Wildman–Crippen MR) is 81.7 cm³/mol. The number of aryl methyl sites for hydroxylation is 1. The average molecular weight is 327 g/mol. The number of nitrogens with one attached hydrogen (secondary N) is 1. The van der Waals surface area contributed by atoms with Gasteiger partial charge in [0.2, 0.25) is 18.3 Å². The number of nitrogens with two attached hydrogens (primary N) is 1. The van der Waals surface area contributed by atoms with Crippen LogP contribution in [0.25, 0.3) is 11.6 Å². The van der Waals surface area contributed by atoms with Crippen molar-refractivity contribution in [1.82, 2.24) is 20.3 Å². The van der Waals surface area contributed by atoms with Crippen LogP contribution in [0.3, 0.4) is 0 Å². The van der Waals surface area contributed by atoms with Gasteiger partial charge in [0, 0.05) is 22.9 Å². The van der Waals surface area contributed by atoms with E-state index in [9.17, 15) is 10.0 Å². The summed E-state index contributed by atoms with van der Waals surface area (Å²) >= 11 is 0. The number of pyridine rings is 1. The van der Waals surface area contributed by atoms with E-state index in [2.05, 4.69) is 20.3 Å². The lowest BCUT2D eigenvalue weighted by Crippen LogP contribution is -2.31. The molecule has 9 heteroatoms. The van der Waals surface area contributed by atoms with E-state index in [1.54, 1.807) is 19.1 Å². The van der Waals surface area contributed by atoms with Crippen molar-refractivity contribution >= 4 is 11.7 Å². The minimum atomic E-state index is -0.463. The molecule has 0 fully saturated rings. The second-order valence-electron chi connectivity index (χ2n) is 5.00. The smallest absolute Gasteiger partial charge is 0.274 e. The first-order chi connectivity index (χ1) is 11.5. The van der Waals surface area contributed by atoms with Gasteiger partial charge in [0.15, 0.2) is 11.5 Å². The van der Waals surface area contributed by atoms with Gasteiger partial charge in [-0.2, -0.15) is 0 Å². The lowest BCUT2D eigenvalue weighted by atomic mass is 10.2. The number of hydrogen-bond acceptors (Lipinski definition) is 7. The van der Waals surface area contributed by atoms with Crippen LogP contribution in [0.2, 0.25) is 0 Å². The van der Waals surface area contributed by atoms with Crippen LogP contribution in [0.5, 0.6) is 0 Å². The van der Waals surface area contributed by atoms with E-state index >= 15 is 0 Å². The summed E-state index contributed by atoms with van der Waals surface area (Å²) in [5, 5.41) is 12.0. The molecule has 0 saturated carbocycles. The standard InChI is InChI=1S/C15H14N6O3/c1-9-11(15-17-4-6-24-15)20-13(16)12(19-9)14(22)18-7-10-3-2-5-21(23)8-10/h2-6,8H,7H2,1H3,(H3-,16,18,20,22,23)/p+1. The number of nitrogen functional groups attached to an aromatic ring is 1. The summed E-state index contributed by atoms with van der Waals surface area (Å²) in [5.41, 5.74) is 7.45. The molecule has 0 saturated heterocycles. The van der Waals surface area contributed by atoms with Gasteiger partial charge in [0.1, 0.15) is 12.0 Å². The Labute approximate surface area is 136 Å². The minimum Gasteiger partial charge on any atom is -0.443 e. The Kier molecular flexibility index (Phi) is 4.06. The van der Waals surface area contributed by atoms with E-state index in [4.69, 9.17) is 10.2 Å². The van der Waals surface area contributed by atoms with Crippen molar-refractivity contribution in [3.05, 3.63) is 53.9 Å². The van der Waals surface area contributed by atoms with E-state index in [1.807, 2.05) is 0 Å². The molecule has 122 valence electrons. The van der Waals surface area contributed by atoms with Crippen LogP contribution in [-0.4, -0.2) is 26.1 Å². The highest BCUT2D eigenvalue weighted by atomic mass is 16.5. The maximum absolute atomic E-state index is 12.3. The summed E-state index contributed by atoms with van der Waals surface area (Å²) in [6, 6.07) is 3.42. The lowest BCUT2D eigenvalue weighted by molar-refractivity contribution is -0.905. The van der Waals surface area contributed by atoms with Crippen molar-refractivity contribution < 1.29 is 19.1 Å². The third kappa shape index (κ3) is 3.14. The summed E-state index contributed by atoms with van der Waals surface area (Å²) in [7, 11) is 0. The molecule has 0 aromatic carbocycles. The maximum Gasteiger partial charge on any atom is 0.274 e. The molecule has 0 bridgehead atoms. The fourth-order valence-corrected chi connectivity index (χ4v) is 2.12. The number of rotatable bonds is 4. The van der Waals surface area contributed by atoms with Crippen molar-refractivity contribution in [2.24, 2.45) is 0 Å². The van der Waals surface area contributed by atoms with Crippen molar-refractivity contribution in [2.45, 2.75) is 13.5 Å². The topological polar surface area (TPSA) is 131 Å². The third-order valence-electron chi connectivity index (χ3n) is 3.25. The van der Waals surface area contributed by atoms with Gasteiger partial charge < -0.3 is 15.5 Å². The van der Waals surface area contributed by atoms with Crippen LogP contribution in [0.15, 0.2) is 41.4 Å². The first-order valence-corrected chi connectivity index (χ1v) is 7.06. The molecule has 3 rings (SSSR count). The minimum absolute atomic E-state index is 0.0171. The monoisotopic (exact) mass is 327 g/mol. The van der Waals surface area contributed by atoms with Crippen LogP contribution in [0, 0.1) is 6.92 Å². The van der Waals surface area contributed by atoms with E-state index in [0.717, 1.165) is 4.73 Å². The Bertz CT molecular complexity index is 879. The molecule has 0 atom stereocenters. The number of aromatic nitrogens is 4. The quantitative estimate of drug-likeness (QED) is 0.469. The number of amides is 1. The first kappa shape index (κ1) is 15.4. The van der Waals surface area contributed by atoms with Gasteiger partial charge in [0.25, 0.3) is 5.91 Å². The predicted octanol–water partition coefficient (Wildman–Crippen LogP) is 0.477. The number of anilines is 1. The van der Waals surface area contributed by atoms with Crippen LogP contribution in [-0.2, 0) is 6.54 Å². The molecule has 4 N–H and O–H groups in total. The molecule has 1 amide bonds. The van der Waals surface area contributed by atoms with Crippen molar-refractivity contribution in [2.75, 3.05) is 5.73 Å². The van der Waals surface area contributed by atoms with E-state index in [-0.39, 0.29) is 23.9 Å². The molecule has 0 unspecified atom stereocenters. The van der Waals surface area contributed by atoms with Crippen LogP contribution < -0.4 is 15.8 Å². The molecule has 0 aliphatic rings. The van der Waals surface area contributed by atoms with E-state index in [0.29, 0.717) is 17.0 Å². The van der Waals surface area contributed by atoms with Crippen LogP contribution >= 0.6 is 0 Å². The van der Waals surface area contributed by atoms with Crippen molar-refractivity contribution in [1.29, 1.82) is 0 Å². The average Bonchev–Trinajstić information content (AvgIpc) is 3.08. The van der Waals surface area contributed by atoms with Crippen molar-refractivity contribution in [3.8, 4) is 11.6 Å². The lowest BCUT2D eigenvalue weighted by Gasteiger charge is -2.08. The Morgan fingerprint density at radius 2 is 2.29 bits per heavy atom. The molecule has 0 spiro atoms. The SMILES string of the molecule is Cc1nc(C(=O)NCc2ccc[n+](O)c2)c(N)nc1-c1ncco1. The second-order valence-corrected chi connectivity index (χ2v) is 5.00. The molecular weight excluding hydrogens is 312 g/mol. The fourth-order valence-electron chi connectivity index (χ4n) is 2.12. The molecule has 24 heavy (non-hydrogen) atoms. The van der Waals surface area contributed by atoms with E-state index < -0.39 is 5.91 Å². The van der Waals surface area contributed by atoms with Gasteiger partial charge in [-0.1, -0.05) is 0 Å². The highest BCUT2D eigenvalue weighted by Gasteiger charge is 2.18. The Morgan fingerprint density at radius 1 is 1.46 bits per heavy atom. The van der Waals surface area contributed by atoms with Crippen molar-refractivity contribution in [3.63, 3.8) is 0 Å². The van der Waals surface area contributed by atoms with Gasteiger partial charge in [-0.15, -0.1) is 0 Å². The van der Waals surface area contributed by atoms with Gasteiger partial charge in [-0.3, -0.25) is 10.0 Å².